The first-order valence-electron chi connectivity index (χ1n) is 10.9. The third-order valence-corrected chi connectivity index (χ3v) is 6.54. The van der Waals surface area contributed by atoms with Crippen molar-refractivity contribution in [1.29, 1.82) is 0 Å². The van der Waals surface area contributed by atoms with E-state index in [0.717, 1.165) is 6.42 Å². The highest BCUT2D eigenvalue weighted by molar-refractivity contribution is 6.35. The lowest BCUT2D eigenvalue weighted by molar-refractivity contribution is -0.151. The molecule has 3 atom stereocenters. The third-order valence-electron chi connectivity index (χ3n) is 6.10. The molecule has 0 bridgehead atoms. The van der Waals surface area contributed by atoms with E-state index in [2.05, 4.69) is 0 Å². The number of anilines is 2. The molecule has 0 heterocycles. The molecule has 8 nitrogen and oxygen atoms in total. The highest BCUT2D eigenvalue weighted by Gasteiger charge is 2.48. The molecule has 0 spiro atoms. The zero-order valence-corrected chi connectivity index (χ0v) is 20.2. The van der Waals surface area contributed by atoms with Crippen molar-refractivity contribution in [2.75, 3.05) is 11.5 Å². The second-order valence-electron chi connectivity index (χ2n) is 8.55. The lowest BCUT2D eigenvalue weighted by Gasteiger charge is -2.37. The Hall–Kier alpha value is -2.81. The Morgan fingerprint density at radius 2 is 1.74 bits per heavy atom. The zero-order chi connectivity index (χ0) is 25.0. The minimum Gasteiger partial charge on any atom is -0.493 e. The van der Waals surface area contributed by atoms with Gasteiger partial charge in [0.05, 0.1) is 18.0 Å². The number of amides is 2. The van der Waals surface area contributed by atoms with E-state index < -0.39 is 29.4 Å². The van der Waals surface area contributed by atoms with Gasteiger partial charge in [-0.15, -0.1) is 0 Å². The van der Waals surface area contributed by atoms with E-state index >= 15 is 0 Å². The number of hydrogen-bond acceptors (Lipinski definition) is 5. The normalized spacial score (nSPS) is 20.9. The maximum absolute atomic E-state index is 13.0. The van der Waals surface area contributed by atoms with Crippen LogP contribution in [0.1, 0.15) is 32.6 Å². The average molecular weight is 508 g/mol. The van der Waals surface area contributed by atoms with Gasteiger partial charge in [-0.3, -0.25) is 14.5 Å². The summed E-state index contributed by atoms with van der Waals surface area (Å²) in [4.78, 5) is 38.0. The average Bonchev–Trinajstić information content (AvgIpc) is 2.77. The van der Waals surface area contributed by atoms with Gasteiger partial charge in [0.2, 0.25) is 0 Å². The first kappa shape index (κ1) is 25.8. The topological polar surface area (TPSA) is 136 Å². The Labute approximate surface area is 207 Å². The first-order chi connectivity index (χ1) is 16.0. The fourth-order valence-electron chi connectivity index (χ4n) is 4.26. The van der Waals surface area contributed by atoms with Crippen LogP contribution < -0.4 is 21.1 Å². The summed E-state index contributed by atoms with van der Waals surface area (Å²) in [6, 6.07) is 10.5. The van der Waals surface area contributed by atoms with Crippen LogP contribution >= 0.6 is 23.2 Å². The van der Waals surface area contributed by atoms with E-state index in [4.69, 9.17) is 39.4 Å². The minimum absolute atomic E-state index is 0.0633. The minimum atomic E-state index is -1.54. The monoisotopic (exact) mass is 507 g/mol. The highest BCUT2D eigenvalue weighted by atomic mass is 35.5. The SMILES string of the molecule is CC(COc1ccc(N(C(N)=O)c2cc(Cl)cc(Cl)c2)cc1)C(=O)C1CCCCC1(N)C(=O)O. The summed E-state index contributed by atoms with van der Waals surface area (Å²) < 4.78 is 5.76. The van der Waals surface area contributed by atoms with Crippen LogP contribution in [0.4, 0.5) is 16.2 Å². The van der Waals surface area contributed by atoms with Gasteiger partial charge in [-0.05, 0) is 55.3 Å². The molecule has 1 saturated carbocycles. The molecular weight excluding hydrogens is 481 g/mol. The molecule has 3 rings (SSSR count). The van der Waals surface area contributed by atoms with E-state index in [1.165, 1.54) is 4.90 Å². The van der Waals surface area contributed by atoms with Gasteiger partial charge in [-0.2, -0.15) is 0 Å². The second kappa shape index (κ2) is 10.6. The summed E-state index contributed by atoms with van der Waals surface area (Å²) in [5.74, 6) is -2.17. The number of ether oxygens (including phenoxy) is 1. The molecule has 2 amide bonds. The molecule has 1 aliphatic rings. The van der Waals surface area contributed by atoms with E-state index in [1.54, 1.807) is 49.4 Å². The molecule has 2 aromatic carbocycles. The Bertz CT molecular complexity index is 1060. The standard InChI is InChI=1S/C24H27Cl2N3O5/c1-14(21(30)20-4-2-3-9-24(20,28)22(31)32)13-34-19-7-5-17(6-8-19)29(23(27)33)18-11-15(25)10-16(26)12-18/h5-8,10-12,14,20H,2-4,9,13,28H2,1H3,(H2,27,33)(H,31,32). The van der Waals surface area contributed by atoms with Crippen LogP contribution in [-0.4, -0.2) is 35.0 Å². The largest absolute Gasteiger partial charge is 0.493 e. The fraction of sp³-hybridized carbons (Fsp3) is 0.375. The second-order valence-corrected chi connectivity index (χ2v) is 9.43. The van der Waals surface area contributed by atoms with Gasteiger partial charge >= 0.3 is 12.0 Å². The van der Waals surface area contributed by atoms with E-state index in [0.29, 0.717) is 40.0 Å². The number of benzene rings is 2. The number of carbonyl (C=O) groups is 3. The number of nitrogens with two attached hydrogens (primary N) is 2. The number of Topliss-reactive ketones (excluding diaryl/α,β-unsaturated/α-hetero) is 1. The molecule has 3 unspecified atom stereocenters. The molecule has 1 fully saturated rings. The van der Waals surface area contributed by atoms with E-state index in [-0.39, 0.29) is 18.8 Å². The van der Waals surface area contributed by atoms with E-state index in [9.17, 15) is 19.5 Å². The number of nitrogens with zero attached hydrogens (tertiary/aromatic N) is 1. The number of hydrogen-bond donors (Lipinski definition) is 3. The number of halogens is 2. The van der Waals surface area contributed by atoms with Gasteiger partial charge in [-0.1, -0.05) is 43.0 Å². The molecule has 10 heteroatoms. The summed E-state index contributed by atoms with van der Waals surface area (Å²) in [5.41, 5.74) is 11.0. The van der Waals surface area contributed by atoms with Gasteiger partial charge in [0.1, 0.15) is 17.1 Å². The predicted molar refractivity (Wildman–Crippen MR) is 131 cm³/mol. The fourth-order valence-corrected chi connectivity index (χ4v) is 4.77. The van der Waals surface area contributed by atoms with Crippen molar-refractivity contribution in [3.8, 4) is 5.75 Å². The first-order valence-corrected chi connectivity index (χ1v) is 11.6. The molecule has 0 aromatic heterocycles. The lowest BCUT2D eigenvalue weighted by atomic mass is 9.69. The Morgan fingerprint density at radius 3 is 2.29 bits per heavy atom. The van der Waals surface area contributed by atoms with Crippen molar-refractivity contribution in [3.05, 3.63) is 52.5 Å². The van der Waals surface area contributed by atoms with Crippen LogP contribution in [-0.2, 0) is 9.59 Å². The zero-order valence-electron chi connectivity index (χ0n) is 18.7. The smallest absolute Gasteiger partial charge is 0.324 e. The van der Waals surface area contributed by atoms with Gasteiger partial charge in [0.25, 0.3) is 0 Å². The Kier molecular flexibility index (Phi) is 8.07. The number of carbonyl (C=O) groups excluding carboxylic acids is 2. The van der Waals surface area contributed by atoms with E-state index in [1.807, 2.05) is 0 Å². The van der Waals surface area contributed by atoms with Crippen LogP contribution in [0, 0.1) is 11.8 Å². The molecule has 182 valence electrons. The van der Waals surface area contributed by atoms with Crippen molar-refractivity contribution in [2.24, 2.45) is 23.3 Å². The third kappa shape index (κ3) is 5.63. The van der Waals surface area contributed by atoms with Crippen molar-refractivity contribution in [1.82, 2.24) is 0 Å². The van der Waals surface area contributed by atoms with Crippen molar-refractivity contribution in [2.45, 2.75) is 38.1 Å². The summed E-state index contributed by atoms with van der Waals surface area (Å²) in [5, 5.41) is 10.3. The molecule has 0 saturated heterocycles. The molecule has 0 radical (unpaired) electrons. The molecule has 34 heavy (non-hydrogen) atoms. The van der Waals surface area contributed by atoms with Gasteiger partial charge in [0, 0.05) is 21.9 Å². The number of ketones is 1. The number of carboxylic acids is 1. The number of primary amides is 1. The van der Waals surface area contributed by atoms with Gasteiger partial charge in [-0.25, -0.2) is 4.79 Å². The summed E-state index contributed by atoms with van der Waals surface area (Å²) in [6.45, 7) is 1.76. The Morgan fingerprint density at radius 1 is 1.12 bits per heavy atom. The number of rotatable bonds is 8. The van der Waals surface area contributed by atoms with Gasteiger partial charge in [0.15, 0.2) is 0 Å². The molecule has 1 aliphatic carbocycles. The maximum Gasteiger partial charge on any atom is 0.324 e. The highest BCUT2D eigenvalue weighted by Crippen LogP contribution is 2.35. The number of aliphatic carboxylic acids is 1. The lowest BCUT2D eigenvalue weighted by Crippen LogP contribution is -2.59. The Balaban J connectivity index is 1.69. The predicted octanol–water partition coefficient (Wildman–Crippen LogP) is 4.77. The molecule has 2 aromatic rings. The van der Waals surface area contributed by atoms with Crippen LogP contribution in [0.15, 0.2) is 42.5 Å². The van der Waals surface area contributed by atoms with Crippen molar-refractivity contribution in [3.63, 3.8) is 0 Å². The van der Waals surface area contributed by atoms with Crippen LogP contribution in [0.5, 0.6) is 5.75 Å². The quantitative estimate of drug-likeness (QED) is 0.470. The van der Waals surface area contributed by atoms with Crippen LogP contribution in [0.25, 0.3) is 0 Å². The molecule has 0 aliphatic heterocycles. The van der Waals surface area contributed by atoms with Crippen molar-refractivity contribution >= 4 is 52.4 Å². The van der Waals surface area contributed by atoms with Gasteiger partial charge < -0.3 is 21.3 Å². The number of urea groups is 1. The summed E-state index contributed by atoms with van der Waals surface area (Å²) in [7, 11) is 0. The van der Waals surface area contributed by atoms with Crippen molar-refractivity contribution < 1.29 is 24.2 Å². The molecular formula is C24H27Cl2N3O5. The maximum atomic E-state index is 13.0. The number of carboxylic acid groups (broad SMARTS) is 1. The summed E-state index contributed by atoms with van der Waals surface area (Å²) in [6.07, 6.45) is 2.19. The van der Waals surface area contributed by atoms with Crippen LogP contribution in [0.2, 0.25) is 10.0 Å². The van der Waals surface area contributed by atoms with Crippen LogP contribution in [0.3, 0.4) is 0 Å². The molecule has 5 N–H and O–H groups in total. The summed E-state index contributed by atoms with van der Waals surface area (Å²) >= 11 is 12.1.